The van der Waals surface area contributed by atoms with Crippen molar-refractivity contribution in [1.29, 1.82) is 0 Å². The molecule has 0 atom stereocenters. The maximum atomic E-state index is 11.8. The number of esters is 1. The van der Waals surface area contributed by atoms with Gasteiger partial charge in [-0.2, -0.15) is 0 Å². The van der Waals surface area contributed by atoms with E-state index in [1.165, 1.54) is 44.2 Å². The zero-order chi connectivity index (χ0) is 15.7. The van der Waals surface area contributed by atoms with Crippen LogP contribution in [0, 0.1) is 5.92 Å². The van der Waals surface area contributed by atoms with Crippen molar-refractivity contribution in [2.24, 2.45) is 5.92 Å². The molecule has 2 aromatic rings. The summed E-state index contributed by atoms with van der Waals surface area (Å²) in [7, 11) is 1.40. The summed E-state index contributed by atoms with van der Waals surface area (Å²) in [6.07, 6.45) is 6.40. The third kappa shape index (κ3) is 3.06. The van der Waals surface area contributed by atoms with E-state index in [4.69, 9.17) is 9.72 Å². The van der Waals surface area contributed by atoms with Gasteiger partial charge in [-0.3, -0.25) is 0 Å². The van der Waals surface area contributed by atoms with Crippen molar-refractivity contribution in [3.8, 4) is 0 Å². The van der Waals surface area contributed by atoms with Crippen LogP contribution in [-0.4, -0.2) is 18.1 Å². The number of carbonyl (C=O) groups is 1. The zero-order valence-corrected chi connectivity index (χ0v) is 15.3. The molecule has 1 fully saturated rings. The van der Waals surface area contributed by atoms with Crippen LogP contribution < -0.4 is 0 Å². The molecule has 1 aliphatic rings. The molecular formula is C17H20BrNO2S. The van der Waals surface area contributed by atoms with Gasteiger partial charge < -0.3 is 4.74 Å². The summed E-state index contributed by atoms with van der Waals surface area (Å²) in [6.45, 7) is 2.29. The highest BCUT2D eigenvalue weighted by molar-refractivity contribution is 9.10. The highest BCUT2D eigenvalue weighted by atomic mass is 79.9. The predicted octanol–water partition coefficient (Wildman–Crippen LogP) is 5.53. The van der Waals surface area contributed by atoms with Crippen molar-refractivity contribution in [2.45, 2.75) is 44.9 Å². The standard InChI is InChI=1S/C17H20BrNO2S/c1-3-10-4-6-11(7-5-10)16-19-14-8-12(17(20)21-2)13(18)9-15(14)22-16/h8-11H,3-7H2,1-2H3/t10-,11-. The Kier molecular flexibility index (Phi) is 4.83. The number of methoxy groups -OCH3 is 1. The number of ether oxygens (including phenoxy) is 1. The summed E-state index contributed by atoms with van der Waals surface area (Å²) in [5.41, 5.74) is 1.45. The second-order valence-electron chi connectivity index (χ2n) is 5.97. The Morgan fingerprint density at radius 2 is 2.09 bits per heavy atom. The maximum Gasteiger partial charge on any atom is 0.339 e. The minimum absolute atomic E-state index is 0.327. The van der Waals surface area contributed by atoms with Crippen molar-refractivity contribution < 1.29 is 9.53 Å². The van der Waals surface area contributed by atoms with E-state index in [0.717, 1.165) is 20.6 Å². The molecule has 1 heterocycles. The van der Waals surface area contributed by atoms with E-state index in [0.29, 0.717) is 11.5 Å². The lowest BCUT2D eigenvalue weighted by Gasteiger charge is -2.26. The molecule has 0 spiro atoms. The molecule has 1 saturated carbocycles. The molecule has 1 aliphatic carbocycles. The fraction of sp³-hybridized carbons (Fsp3) is 0.529. The van der Waals surface area contributed by atoms with Crippen LogP contribution in [0.25, 0.3) is 10.2 Å². The molecule has 0 saturated heterocycles. The van der Waals surface area contributed by atoms with Crippen LogP contribution in [-0.2, 0) is 4.74 Å². The Morgan fingerprint density at radius 1 is 1.36 bits per heavy atom. The lowest BCUT2D eigenvalue weighted by atomic mass is 9.81. The molecule has 0 radical (unpaired) electrons. The van der Waals surface area contributed by atoms with Gasteiger partial charge in [-0.1, -0.05) is 13.3 Å². The average molecular weight is 382 g/mol. The lowest BCUT2D eigenvalue weighted by molar-refractivity contribution is 0.0600. The molecule has 1 aromatic heterocycles. The largest absolute Gasteiger partial charge is 0.465 e. The Hall–Kier alpha value is -0.940. The first-order valence-corrected chi connectivity index (χ1v) is 9.41. The summed E-state index contributed by atoms with van der Waals surface area (Å²) in [5, 5.41) is 1.22. The van der Waals surface area contributed by atoms with E-state index >= 15 is 0 Å². The Morgan fingerprint density at radius 3 is 2.73 bits per heavy atom. The van der Waals surface area contributed by atoms with Crippen LogP contribution in [0.3, 0.4) is 0 Å². The number of aromatic nitrogens is 1. The fourth-order valence-corrected chi connectivity index (χ4v) is 5.04. The first-order valence-electron chi connectivity index (χ1n) is 7.80. The van der Waals surface area contributed by atoms with Crippen molar-refractivity contribution in [3.05, 3.63) is 27.2 Å². The SMILES string of the molecule is CC[C@H]1CC[C@H](c2nc3cc(C(=O)OC)c(Br)cc3s2)CC1. The highest BCUT2D eigenvalue weighted by Gasteiger charge is 2.24. The molecule has 0 amide bonds. The van der Waals surface area contributed by atoms with Crippen molar-refractivity contribution >= 4 is 43.5 Å². The second-order valence-corrected chi connectivity index (χ2v) is 7.89. The smallest absolute Gasteiger partial charge is 0.339 e. The molecule has 118 valence electrons. The van der Waals surface area contributed by atoms with E-state index < -0.39 is 0 Å². The van der Waals surface area contributed by atoms with Gasteiger partial charge in [0.2, 0.25) is 0 Å². The third-order valence-electron chi connectivity index (χ3n) is 4.67. The van der Waals surface area contributed by atoms with Crippen molar-refractivity contribution in [2.75, 3.05) is 7.11 Å². The summed E-state index contributed by atoms with van der Waals surface area (Å²) < 4.78 is 6.73. The van der Waals surface area contributed by atoms with E-state index in [1.807, 2.05) is 12.1 Å². The summed E-state index contributed by atoms with van der Waals surface area (Å²) in [5.74, 6) is 1.15. The number of thiazole rings is 1. The first kappa shape index (κ1) is 15.9. The molecule has 0 unspecified atom stereocenters. The molecular weight excluding hydrogens is 362 g/mol. The number of nitrogens with zero attached hydrogens (tertiary/aromatic N) is 1. The predicted molar refractivity (Wildman–Crippen MR) is 93.6 cm³/mol. The van der Waals surface area contributed by atoms with Crippen LogP contribution >= 0.6 is 27.3 Å². The van der Waals surface area contributed by atoms with Gasteiger partial charge in [-0.25, -0.2) is 9.78 Å². The summed E-state index contributed by atoms with van der Waals surface area (Å²) in [4.78, 5) is 16.6. The van der Waals surface area contributed by atoms with Gasteiger partial charge in [-0.05, 0) is 59.7 Å². The number of hydrogen-bond acceptors (Lipinski definition) is 4. The number of halogens is 1. The second kappa shape index (κ2) is 6.67. The molecule has 0 bridgehead atoms. The molecule has 3 rings (SSSR count). The van der Waals surface area contributed by atoms with Crippen LogP contribution in [0.5, 0.6) is 0 Å². The number of fused-ring (bicyclic) bond motifs is 1. The van der Waals surface area contributed by atoms with Gasteiger partial charge in [0, 0.05) is 10.4 Å². The van der Waals surface area contributed by atoms with E-state index in [9.17, 15) is 4.79 Å². The number of benzene rings is 1. The number of hydrogen-bond donors (Lipinski definition) is 0. The fourth-order valence-electron chi connectivity index (χ4n) is 3.23. The maximum absolute atomic E-state index is 11.8. The zero-order valence-electron chi connectivity index (χ0n) is 12.9. The van der Waals surface area contributed by atoms with Gasteiger partial charge in [0.25, 0.3) is 0 Å². The van der Waals surface area contributed by atoms with Gasteiger partial charge >= 0.3 is 5.97 Å². The van der Waals surface area contributed by atoms with Gasteiger partial charge in [0.05, 0.1) is 27.9 Å². The summed E-state index contributed by atoms with van der Waals surface area (Å²) >= 11 is 5.22. The number of rotatable bonds is 3. The molecule has 0 aliphatic heterocycles. The Labute approximate surface area is 143 Å². The van der Waals surface area contributed by atoms with E-state index in [1.54, 1.807) is 11.3 Å². The molecule has 3 nitrogen and oxygen atoms in total. The van der Waals surface area contributed by atoms with E-state index in [-0.39, 0.29) is 5.97 Å². The van der Waals surface area contributed by atoms with Gasteiger partial charge in [0.1, 0.15) is 0 Å². The van der Waals surface area contributed by atoms with Gasteiger partial charge in [-0.15, -0.1) is 11.3 Å². The topological polar surface area (TPSA) is 39.2 Å². The van der Waals surface area contributed by atoms with Crippen LogP contribution in [0.2, 0.25) is 0 Å². The van der Waals surface area contributed by atoms with Crippen molar-refractivity contribution in [3.63, 3.8) is 0 Å². The lowest BCUT2D eigenvalue weighted by Crippen LogP contribution is -2.12. The number of carbonyl (C=O) groups excluding carboxylic acids is 1. The minimum atomic E-state index is -0.327. The molecule has 0 N–H and O–H groups in total. The Bertz CT molecular complexity index is 689. The average Bonchev–Trinajstić information content (AvgIpc) is 2.96. The van der Waals surface area contributed by atoms with Crippen LogP contribution in [0.15, 0.2) is 16.6 Å². The minimum Gasteiger partial charge on any atom is -0.465 e. The normalized spacial score (nSPS) is 22.0. The van der Waals surface area contributed by atoms with Crippen LogP contribution in [0.4, 0.5) is 0 Å². The third-order valence-corrected chi connectivity index (χ3v) is 6.51. The first-order chi connectivity index (χ1) is 10.6. The van der Waals surface area contributed by atoms with Crippen molar-refractivity contribution in [1.82, 2.24) is 4.98 Å². The monoisotopic (exact) mass is 381 g/mol. The van der Waals surface area contributed by atoms with Gasteiger partial charge in [0.15, 0.2) is 0 Å². The molecule has 1 aromatic carbocycles. The highest BCUT2D eigenvalue weighted by Crippen LogP contribution is 2.40. The van der Waals surface area contributed by atoms with E-state index in [2.05, 4.69) is 22.9 Å². The molecule has 22 heavy (non-hydrogen) atoms. The Balaban J connectivity index is 1.88. The quantitative estimate of drug-likeness (QED) is 0.656. The summed E-state index contributed by atoms with van der Waals surface area (Å²) in [6, 6.07) is 3.82. The van der Waals surface area contributed by atoms with Crippen LogP contribution in [0.1, 0.15) is 60.3 Å². The molecule has 5 heteroatoms.